The van der Waals surface area contributed by atoms with E-state index in [4.69, 9.17) is 18.9 Å². The first-order chi connectivity index (χ1) is 15.7. The average Bonchev–Trinajstić information content (AvgIpc) is 2.79. The fraction of sp³-hybridized carbons (Fsp3) is 0.407. The molecule has 0 amide bonds. The highest BCUT2D eigenvalue weighted by Crippen LogP contribution is 2.35. The Hall–Kier alpha value is -3.28. The van der Waals surface area contributed by atoms with E-state index in [1.807, 2.05) is 51.1 Å². The maximum Gasteiger partial charge on any atom is 0.333 e. The SMILES string of the molecule is C=C(C)C(=O)OC(CC)COc1cccc2c(OCC(CC)OC(=O)C(=C)C)c(C)ccc12. The topological polar surface area (TPSA) is 71.1 Å². The summed E-state index contributed by atoms with van der Waals surface area (Å²) in [5, 5.41) is 1.77. The van der Waals surface area contributed by atoms with Gasteiger partial charge in [-0.1, -0.05) is 51.3 Å². The van der Waals surface area contributed by atoms with Crippen molar-refractivity contribution in [3.8, 4) is 11.5 Å². The van der Waals surface area contributed by atoms with Crippen LogP contribution in [0.4, 0.5) is 0 Å². The van der Waals surface area contributed by atoms with E-state index >= 15 is 0 Å². The summed E-state index contributed by atoms with van der Waals surface area (Å²) < 4.78 is 23.0. The molecular formula is C27H34O6. The fourth-order valence-corrected chi connectivity index (χ4v) is 3.06. The highest BCUT2D eigenvalue weighted by atomic mass is 16.6. The van der Waals surface area contributed by atoms with Crippen molar-refractivity contribution in [2.24, 2.45) is 0 Å². The zero-order chi connectivity index (χ0) is 24.5. The van der Waals surface area contributed by atoms with Crippen LogP contribution in [0.1, 0.15) is 46.1 Å². The van der Waals surface area contributed by atoms with Gasteiger partial charge in [-0.15, -0.1) is 0 Å². The second kappa shape index (κ2) is 12.1. The molecule has 6 nitrogen and oxygen atoms in total. The third-order valence-corrected chi connectivity index (χ3v) is 5.16. The van der Waals surface area contributed by atoms with E-state index in [1.54, 1.807) is 13.8 Å². The number of aryl methyl sites for hydroxylation is 1. The van der Waals surface area contributed by atoms with E-state index in [1.165, 1.54) is 0 Å². The van der Waals surface area contributed by atoms with Crippen molar-refractivity contribution in [3.05, 3.63) is 60.2 Å². The van der Waals surface area contributed by atoms with Gasteiger partial charge in [0.2, 0.25) is 0 Å². The molecule has 6 heteroatoms. The summed E-state index contributed by atoms with van der Waals surface area (Å²) in [5.74, 6) is 0.535. The number of rotatable bonds is 12. The van der Waals surface area contributed by atoms with Crippen molar-refractivity contribution >= 4 is 22.7 Å². The number of fused-ring (bicyclic) bond motifs is 1. The summed E-state index contributed by atoms with van der Waals surface area (Å²) in [4.78, 5) is 23.7. The Labute approximate surface area is 196 Å². The van der Waals surface area contributed by atoms with E-state index in [-0.39, 0.29) is 25.4 Å². The molecular weight excluding hydrogens is 420 g/mol. The van der Waals surface area contributed by atoms with Crippen LogP contribution in [0.15, 0.2) is 54.6 Å². The van der Waals surface area contributed by atoms with Gasteiger partial charge >= 0.3 is 11.9 Å². The Bertz CT molecular complexity index is 1020. The molecule has 0 fully saturated rings. The number of carbonyl (C=O) groups is 2. The largest absolute Gasteiger partial charge is 0.489 e. The molecule has 0 aliphatic rings. The van der Waals surface area contributed by atoms with Crippen LogP contribution in [0.2, 0.25) is 0 Å². The Morgan fingerprint density at radius 1 is 0.818 bits per heavy atom. The molecule has 2 atom stereocenters. The zero-order valence-corrected chi connectivity index (χ0v) is 20.2. The number of carbonyl (C=O) groups excluding carboxylic acids is 2. The highest BCUT2D eigenvalue weighted by molar-refractivity contribution is 5.94. The lowest BCUT2D eigenvalue weighted by molar-refractivity contribution is -0.146. The number of hydrogen-bond acceptors (Lipinski definition) is 6. The highest BCUT2D eigenvalue weighted by Gasteiger charge is 2.18. The smallest absolute Gasteiger partial charge is 0.333 e. The molecule has 0 N–H and O–H groups in total. The van der Waals surface area contributed by atoms with Crippen LogP contribution in [-0.4, -0.2) is 37.4 Å². The Kier molecular flexibility index (Phi) is 9.52. The van der Waals surface area contributed by atoms with Gasteiger partial charge in [0.1, 0.15) is 36.9 Å². The van der Waals surface area contributed by atoms with Gasteiger partial charge < -0.3 is 18.9 Å². The van der Waals surface area contributed by atoms with Gasteiger partial charge in [-0.2, -0.15) is 0 Å². The monoisotopic (exact) mass is 454 g/mol. The minimum Gasteiger partial charge on any atom is -0.489 e. The minimum absolute atomic E-state index is 0.230. The Morgan fingerprint density at radius 3 is 1.88 bits per heavy atom. The molecule has 2 aromatic rings. The first-order valence-electron chi connectivity index (χ1n) is 11.2. The molecule has 33 heavy (non-hydrogen) atoms. The second-order valence-electron chi connectivity index (χ2n) is 8.12. The van der Waals surface area contributed by atoms with Crippen molar-refractivity contribution < 1.29 is 28.5 Å². The maximum absolute atomic E-state index is 11.9. The van der Waals surface area contributed by atoms with Crippen LogP contribution in [0, 0.1) is 6.92 Å². The molecule has 0 aliphatic heterocycles. The normalized spacial score (nSPS) is 12.5. The van der Waals surface area contributed by atoms with Gasteiger partial charge in [-0.25, -0.2) is 9.59 Å². The molecule has 0 aliphatic carbocycles. The molecule has 2 rings (SSSR count). The Balaban J connectivity index is 2.20. The van der Waals surface area contributed by atoms with Gasteiger partial charge in [-0.3, -0.25) is 0 Å². The molecule has 178 valence electrons. The van der Waals surface area contributed by atoms with Crippen molar-refractivity contribution in [3.63, 3.8) is 0 Å². The van der Waals surface area contributed by atoms with Crippen LogP contribution < -0.4 is 9.47 Å². The molecule has 2 aromatic carbocycles. The molecule has 0 saturated carbocycles. The first kappa shape index (κ1) is 26.0. The van der Waals surface area contributed by atoms with Crippen molar-refractivity contribution in [2.75, 3.05) is 13.2 Å². The van der Waals surface area contributed by atoms with Crippen molar-refractivity contribution in [1.82, 2.24) is 0 Å². The summed E-state index contributed by atoms with van der Waals surface area (Å²) in [6.07, 6.45) is 0.493. The zero-order valence-electron chi connectivity index (χ0n) is 20.2. The summed E-state index contributed by atoms with van der Waals surface area (Å²) in [6, 6.07) is 9.67. The Morgan fingerprint density at radius 2 is 1.36 bits per heavy atom. The molecule has 0 saturated heterocycles. The van der Waals surface area contributed by atoms with Gasteiger partial charge in [0.05, 0.1) is 0 Å². The van der Waals surface area contributed by atoms with Crippen LogP contribution in [0.5, 0.6) is 11.5 Å². The third kappa shape index (κ3) is 7.11. The lowest BCUT2D eigenvalue weighted by Crippen LogP contribution is -2.25. The predicted octanol–water partition coefficient (Wildman–Crippen LogP) is 5.70. The number of ether oxygens (including phenoxy) is 4. The lowest BCUT2D eigenvalue weighted by Gasteiger charge is -2.20. The van der Waals surface area contributed by atoms with Crippen LogP contribution in [0.3, 0.4) is 0 Å². The number of esters is 2. The lowest BCUT2D eigenvalue weighted by atomic mass is 10.0. The molecule has 2 unspecified atom stereocenters. The molecule has 0 aromatic heterocycles. The maximum atomic E-state index is 11.9. The molecule has 0 heterocycles. The fourth-order valence-electron chi connectivity index (χ4n) is 3.06. The standard InChI is InChI=1S/C27H34O6/c1-8-20(32-26(28)17(3)4)15-30-24-12-10-11-23-22(24)14-13-19(7)25(23)31-16-21(9-2)33-27(29)18(5)6/h10-14,20-21H,3,5,8-9,15-16H2,1-2,4,6-7H3. The third-order valence-electron chi connectivity index (χ3n) is 5.16. The van der Waals surface area contributed by atoms with E-state index in [0.29, 0.717) is 35.5 Å². The van der Waals surface area contributed by atoms with Gasteiger partial charge in [0.15, 0.2) is 0 Å². The summed E-state index contributed by atoms with van der Waals surface area (Å²) >= 11 is 0. The van der Waals surface area contributed by atoms with Gasteiger partial charge in [-0.05, 0) is 45.2 Å². The van der Waals surface area contributed by atoms with Crippen LogP contribution in [0.25, 0.3) is 10.8 Å². The summed E-state index contributed by atoms with van der Waals surface area (Å²) in [6.45, 7) is 16.8. The average molecular weight is 455 g/mol. The van der Waals surface area contributed by atoms with Gasteiger partial charge in [0, 0.05) is 21.9 Å². The van der Waals surface area contributed by atoms with Crippen LogP contribution in [-0.2, 0) is 19.1 Å². The quantitative estimate of drug-likeness (QED) is 0.303. The second-order valence-corrected chi connectivity index (χ2v) is 8.12. The molecule has 0 spiro atoms. The van der Waals surface area contributed by atoms with E-state index in [2.05, 4.69) is 13.2 Å². The van der Waals surface area contributed by atoms with E-state index in [9.17, 15) is 9.59 Å². The first-order valence-corrected chi connectivity index (χ1v) is 11.2. The van der Waals surface area contributed by atoms with E-state index < -0.39 is 11.9 Å². The van der Waals surface area contributed by atoms with Crippen molar-refractivity contribution in [1.29, 1.82) is 0 Å². The van der Waals surface area contributed by atoms with Gasteiger partial charge in [0.25, 0.3) is 0 Å². The molecule has 0 bridgehead atoms. The van der Waals surface area contributed by atoms with Crippen molar-refractivity contribution in [2.45, 2.75) is 59.7 Å². The minimum atomic E-state index is -0.424. The predicted molar refractivity (Wildman–Crippen MR) is 130 cm³/mol. The summed E-state index contributed by atoms with van der Waals surface area (Å²) in [5.41, 5.74) is 1.67. The van der Waals surface area contributed by atoms with Crippen LogP contribution >= 0.6 is 0 Å². The summed E-state index contributed by atoms with van der Waals surface area (Å²) in [7, 11) is 0. The van der Waals surface area contributed by atoms with E-state index in [0.717, 1.165) is 16.3 Å². The number of hydrogen-bond donors (Lipinski definition) is 0. The number of benzene rings is 2. The molecule has 0 radical (unpaired) electrons.